The van der Waals surface area contributed by atoms with E-state index in [4.69, 9.17) is 10.5 Å². The zero-order valence-electron chi connectivity index (χ0n) is 13.6. The van der Waals surface area contributed by atoms with Crippen LogP contribution in [0.3, 0.4) is 0 Å². The zero-order valence-corrected chi connectivity index (χ0v) is 16.0. The third kappa shape index (κ3) is 6.02. The summed E-state index contributed by atoms with van der Waals surface area (Å²) in [5.41, 5.74) is 7.40. The average molecular weight is 417 g/mol. The van der Waals surface area contributed by atoms with Gasteiger partial charge in [-0.15, -0.1) is 24.0 Å². The molecule has 1 saturated heterocycles. The molecule has 1 aromatic rings. The highest BCUT2D eigenvalue weighted by molar-refractivity contribution is 14.0. The molecule has 1 aliphatic heterocycles. The first-order chi connectivity index (χ1) is 10.2. The lowest BCUT2D eigenvalue weighted by molar-refractivity contribution is 0.337. The van der Waals surface area contributed by atoms with Gasteiger partial charge in [0.1, 0.15) is 5.75 Å². The van der Waals surface area contributed by atoms with Crippen LogP contribution in [0.1, 0.15) is 31.7 Å². The van der Waals surface area contributed by atoms with E-state index in [1.165, 1.54) is 24.8 Å². The minimum atomic E-state index is 0. The Morgan fingerprint density at radius 2 is 1.86 bits per heavy atom. The second-order valence-electron chi connectivity index (χ2n) is 5.90. The molecule has 0 aromatic heterocycles. The van der Waals surface area contributed by atoms with Crippen LogP contribution in [0.4, 0.5) is 0 Å². The number of rotatable bonds is 5. The Bertz CT molecular complexity index is 455. The number of likely N-dealkylation sites (tertiary alicyclic amines) is 1. The first-order valence-electron chi connectivity index (χ1n) is 7.87. The van der Waals surface area contributed by atoms with Gasteiger partial charge < -0.3 is 15.4 Å². The third-order valence-corrected chi connectivity index (χ3v) is 3.99. The SMILES string of the molecule is COc1ccc(CC(C)CN=C(N)N2CCCCC2)cc1.I. The molecule has 0 bridgehead atoms. The Labute approximate surface area is 151 Å². The number of hydrogen-bond donors (Lipinski definition) is 1. The quantitative estimate of drug-likeness (QED) is 0.455. The molecule has 5 heteroatoms. The van der Waals surface area contributed by atoms with Crippen molar-refractivity contribution in [2.75, 3.05) is 26.7 Å². The molecule has 1 fully saturated rings. The Balaban J connectivity index is 0.00000242. The fourth-order valence-electron chi connectivity index (χ4n) is 2.70. The molecule has 1 unspecified atom stereocenters. The molecule has 0 spiro atoms. The Morgan fingerprint density at radius 3 is 2.45 bits per heavy atom. The average Bonchev–Trinajstić information content (AvgIpc) is 2.54. The van der Waals surface area contributed by atoms with Gasteiger partial charge in [-0.3, -0.25) is 4.99 Å². The van der Waals surface area contributed by atoms with Gasteiger partial charge in [-0.2, -0.15) is 0 Å². The minimum absolute atomic E-state index is 0. The number of piperidine rings is 1. The first kappa shape index (κ1) is 19.1. The number of nitrogens with two attached hydrogens (primary N) is 1. The molecule has 2 rings (SSSR count). The Hall–Kier alpha value is -0.980. The lowest BCUT2D eigenvalue weighted by atomic mass is 10.0. The van der Waals surface area contributed by atoms with Crippen molar-refractivity contribution in [3.05, 3.63) is 29.8 Å². The number of benzene rings is 1. The van der Waals surface area contributed by atoms with E-state index in [1.807, 2.05) is 12.1 Å². The van der Waals surface area contributed by atoms with Gasteiger partial charge in [-0.25, -0.2) is 0 Å². The first-order valence-corrected chi connectivity index (χ1v) is 7.87. The van der Waals surface area contributed by atoms with E-state index in [0.717, 1.165) is 37.8 Å². The number of halogens is 1. The molecule has 1 aromatic carbocycles. The minimum Gasteiger partial charge on any atom is -0.497 e. The molecule has 0 radical (unpaired) electrons. The molecule has 0 saturated carbocycles. The van der Waals surface area contributed by atoms with Gasteiger partial charge in [0.2, 0.25) is 0 Å². The van der Waals surface area contributed by atoms with E-state index < -0.39 is 0 Å². The van der Waals surface area contributed by atoms with E-state index in [-0.39, 0.29) is 24.0 Å². The molecular weight excluding hydrogens is 389 g/mol. The van der Waals surface area contributed by atoms with E-state index >= 15 is 0 Å². The van der Waals surface area contributed by atoms with Gasteiger partial charge in [0.05, 0.1) is 7.11 Å². The summed E-state index contributed by atoms with van der Waals surface area (Å²) in [4.78, 5) is 6.79. The molecule has 0 amide bonds. The topological polar surface area (TPSA) is 50.9 Å². The summed E-state index contributed by atoms with van der Waals surface area (Å²) < 4.78 is 5.18. The van der Waals surface area contributed by atoms with Crippen molar-refractivity contribution in [2.24, 2.45) is 16.6 Å². The summed E-state index contributed by atoms with van der Waals surface area (Å²) in [6, 6.07) is 8.25. The fourth-order valence-corrected chi connectivity index (χ4v) is 2.70. The highest BCUT2D eigenvalue weighted by Crippen LogP contribution is 2.15. The van der Waals surface area contributed by atoms with Crippen molar-refractivity contribution in [3.63, 3.8) is 0 Å². The third-order valence-electron chi connectivity index (χ3n) is 3.99. The number of methoxy groups -OCH3 is 1. The van der Waals surface area contributed by atoms with Crippen molar-refractivity contribution in [3.8, 4) is 5.75 Å². The van der Waals surface area contributed by atoms with Crippen LogP contribution in [0.5, 0.6) is 5.75 Å². The monoisotopic (exact) mass is 417 g/mol. The summed E-state index contributed by atoms with van der Waals surface area (Å²) in [5.74, 6) is 2.11. The van der Waals surface area contributed by atoms with Gasteiger partial charge in [-0.1, -0.05) is 19.1 Å². The summed E-state index contributed by atoms with van der Waals surface area (Å²) >= 11 is 0. The summed E-state index contributed by atoms with van der Waals surface area (Å²) in [7, 11) is 1.69. The van der Waals surface area contributed by atoms with Crippen LogP contribution in [0, 0.1) is 5.92 Å². The second-order valence-corrected chi connectivity index (χ2v) is 5.90. The van der Waals surface area contributed by atoms with Crippen LogP contribution in [-0.2, 0) is 6.42 Å². The van der Waals surface area contributed by atoms with Gasteiger partial charge in [-0.05, 0) is 49.3 Å². The maximum atomic E-state index is 6.09. The summed E-state index contributed by atoms with van der Waals surface area (Å²) in [6.45, 7) is 5.12. The number of guanidine groups is 1. The predicted octanol–water partition coefficient (Wildman–Crippen LogP) is 3.29. The maximum Gasteiger partial charge on any atom is 0.191 e. The van der Waals surface area contributed by atoms with Crippen LogP contribution in [0.25, 0.3) is 0 Å². The smallest absolute Gasteiger partial charge is 0.191 e. The van der Waals surface area contributed by atoms with Gasteiger partial charge >= 0.3 is 0 Å². The van der Waals surface area contributed by atoms with E-state index in [2.05, 4.69) is 28.9 Å². The molecule has 2 N–H and O–H groups in total. The van der Waals surface area contributed by atoms with E-state index in [1.54, 1.807) is 7.11 Å². The van der Waals surface area contributed by atoms with Crippen molar-refractivity contribution < 1.29 is 4.74 Å². The molecule has 1 atom stereocenters. The number of aliphatic imine (C=N–C) groups is 1. The zero-order chi connectivity index (χ0) is 15.1. The molecular formula is C17H28IN3O. The summed E-state index contributed by atoms with van der Waals surface area (Å²) in [6.07, 6.45) is 4.80. The van der Waals surface area contributed by atoms with Crippen molar-refractivity contribution >= 4 is 29.9 Å². The van der Waals surface area contributed by atoms with Crippen molar-refractivity contribution in [1.82, 2.24) is 4.90 Å². The van der Waals surface area contributed by atoms with E-state index in [0.29, 0.717) is 5.92 Å². The van der Waals surface area contributed by atoms with Crippen LogP contribution in [0.2, 0.25) is 0 Å². The highest BCUT2D eigenvalue weighted by Gasteiger charge is 2.12. The van der Waals surface area contributed by atoms with Gasteiger partial charge in [0.15, 0.2) is 5.96 Å². The molecule has 4 nitrogen and oxygen atoms in total. The molecule has 124 valence electrons. The highest BCUT2D eigenvalue weighted by atomic mass is 127. The maximum absolute atomic E-state index is 6.09. The largest absolute Gasteiger partial charge is 0.497 e. The van der Waals surface area contributed by atoms with Crippen LogP contribution >= 0.6 is 24.0 Å². The number of hydrogen-bond acceptors (Lipinski definition) is 2. The van der Waals surface area contributed by atoms with Crippen LogP contribution < -0.4 is 10.5 Å². The van der Waals surface area contributed by atoms with E-state index in [9.17, 15) is 0 Å². The fraction of sp³-hybridized carbons (Fsp3) is 0.588. The molecule has 0 aliphatic carbocycles. The standard InChI is InChI=1S/C17H27N3O.HI/c1-14(12-15-6-8-16(21-2)9-7-15)13-19-17(18)20-10-4-3-5-11-20;/h6-9,14H,3-5,10-13H2,1-2H3,(H2,18,19);1H. The summed E-state index contributed by atoms with van der Waals surface area (Å²) in [5, 5.41) is 0. The second kappa shape index (κ2) is 9.92. The number of nitrogens with zero attached hydrogens (tertiary/aromatic N) is 2. The Kier molecular flexibility index (Phi) is 8.60. The molecule has 1 heterocycles. The lowest BCUT2D eigenvalue weighted by Gasteiger charge is -2.27. The predicted molar refractivity (Wildman–Crippen MR) is 103 cm³/mol. The van der Waals surface area contributed by atoms with Crippen LogP contribution in [0.15, 0.2) is 29.3 Å². The lowest BCUT2D eigenvalue weighted by Crippen LogP contribution is -2.41. The molecule has 1 aliphatic rings. The van der Waals surface area contributed by atoms with Gasteiger partial charge in [0.25, 0.3) is 0 Å². The molecule has 22 heavy (non-hydrogen) atoms. The van der Waals surface area contributed by atoms with Crippen molar-refractivity contribution in [1.29, 1.82) is 0 Å². The Morgan fingerprint density at radius 1 is 1.23 bits per heavy atom. The van der Waals surface area contributed by atoms with Gasteiger partial charge in [0, 0.05) is 19.6 Å². The van der Waals surface area contributed by atoms with Crippen LogP contribution in [-0.4, -0.2) is 37.6 Å². The number of ether oxygens (including phenoxy) is 1. The normalized spacial score (nSPS) is 16.8. The van der Waals surface area contributed by atoms with Crippen molar-refractivity contribution in [2.45, 2.75) is 32.6 Å².